The van der Waals surface area contributed by atoms with Gasteiger partial charge in [-0.15, -0.1) is 12.4 Å². The largest absolute Gasteiger partial charge is 0.354 e. The summed E-state index contributed by atoms with van der Waals surface area (Å²) in [5, 5.41) is 5.52. The summed E-state index contributed by atoms with van der Waals surface area (Å²) in [5.74, 6) is -0.350. The van der Waals surface area contributed by atoms with Crippen LogP contribution in [-0.4, -0.2) is 30.4 Å². The summed E-state index contributed by atoms with van der Waals surface area (Å²) in [7, 11) is 0. The summed E-state index contributed by atoms with van der Waals surface area (Å²) in [4.78, 5) is 23.6. The first-order valence-electron chi connectivity index (χ1n) is 6.16. The van der Waals surface area contributed by atoms with Crippen molar-refractivity contribution in [1.82, 2.24) is 10.6 Å². The maximum Gasteiger partial charge on any atom is 0.242 e. The predicted molar refractivity (Wildman–Crippen MR) is 73.5 cm³/mol. The highest BCUT2D eigenvalue weighted by atomic mass is 35.5. The molecule has 0 saturated carbocycles. The number of hydrogen-bond donors (Lipinski definition) is 3. The van der Waals surface area contributed by atoms with E-state index in [0.717, 1.165) is 12.8 Å². The van der Waals surface area contributed by atoms with Crippen LogP contribution in [0.15, 0.2) is 0 Å². The quantitative estimate of drug-likeness (QED) is 0.690. The zero-order valence-electron chi connectivity index (χ0n) is 11.3. The van der Waals surface area contributed by atoms with Crippen molar-refractivity contribution in [3.63, 3.8) is 0 Å². The molecule has 0 radical (unpaired) electrons. The summed E-state index contributed by atoms with van der Waals surface area (Å²) in [6, 6.07) is -1.03. The topological polar surface area (TPSA) is 84.2 Å². The lowest BCUT2D eigenvalue weighted by Gasteiger charge is -2.27. The number of nitrogens with one attached hydrogen (secondary N) is 2. The fraction of sp³-hybridized carbons (Fsp3) is 0.833. The second-order valence-electron chi connectivity index (χ2n) is 5.69. The van der Waals surface area contributed by atoms with Crippen molar-refractivity contribution in [3.05, 3.63) is 0 Å². The van der Waals surface area contributed by atoms with Gasteiger partial charge in [0.1, 0.15) is 6.04 Å². The minimum absolute atomic E-state index is 0. The molecule has 2 amide bonds. The molecule has 0 bridgehead atoms. The van der Waals surface area contributed by atoms with E-state index in [4.69, 9.17) is 5.73 Å². The van der Waals surface area contributed by atoms with Crippen LogP contribution >= 0.6 is 12.4 Å². The summed E-state index contributed by atoms with van der Waals surface area (Å²) in [6.07, 6.45) is 2.59. The van der Waals surface area contributed by atoms with E-state index >= 15 is 0 Å². The average molecular weight is 278 g/mol. The molecule has 6 heteroatoms. The predicted octanol–water partition coefficient (Wildman–Crippen LogP) is 0.566. The van der Waals surface area contributed by atoms with Crippen molar-refractivity contribution in [3.8, 4) is 0 Å². The third-order valence-corrected chi connectivity index (χ3v) is 3.07. The van der Waals surface area contributed by atoms with Crippen LogP contribution in [0.25, 0.3) is 0 Å². The van der Waals surface area contributed by atoms with Gasteiger partial charge < -0.3 is 16.4 Å². The third kappa shape index (κ3) is 4.82. The Labute approximate surface area is 115 Å². The van der Waals surface area contributed by atoms with E-state index in [0.29, 0.717) is 13.0 Å². The van der Waals surface area contributed by atoms with Crippen LogP contribution in [0.1, 0.15) is 40.0 Å². The molecule has 1 unspecified atom stereocenters. The van der Waals surface area contributed by atoms with Gasteiger partial charge in [-0.3, -0.25) is 9.59 Å². The van der Waals surface area contributed by atoms with Crippen molar-refractivity contribution in [2.75, 3.05) is 6.54 Å². The molecule has 4 N–H and O–H groups in total. The number of carbonyl (C=O) groups excluding carboxylic acids is 2. The molecular weight excluding hydrogens is 254 g/mol. The van der Waals surface area contributed by atoms with E-state index in [2.05, 4.69) is 10.6 Å². The highest BCUT2D eigenvalue weighted by Gasteiger charge is 2.30. The first kappa shape index (κ1) is 17.2. The highest BCUT2D eigenvalue weighted by molar-refractivity contribution is 5.90. The standard InChI is InChI=1S/C12H23N3O2.ClH/c1-12(2,3)9(13)11(17)15-8-6-4-5-7-14-10(8)16;/h8-9H,4-7,13H2,1-3H3,(H,14,16)(H,15,17);1H/t8?,9-;/m1./s1. The number of carbonyl (C=O) groups is 2. The maximum absolute atomic E-state index is 11.9. The molecule has 1 fully saturated rings. The van der Waals surface area contributed by atoms with Gasteiger partial charge in [0.25, 0.3) is 0 Å². The minimum atomic E-state index is -0.599. The molecule has 1 heterocycles. The molecule has 0 aromatic heterocycles. The van der Waals surface area contributed by atoms with Crippen molar-refractivity contribution in [1.29, 1.82) is 0 Å². The zero-order chi connectivity index (χ0) is 13.1. The van der Waals surface area contributed by atoms with Gasteiger partial charge >= 0.3 is 0 Å². The van der Waals surface area contributed by atoms with Crippen LogP contribution < -0.4 is 16.4 Å². The van der Waals surface area contributed by atoms with E-state index in [1.165, 1.54) is 0 Å². The van der Waals surface area contributed by atoms with Gasteiger partial charge in [-0.2, -0.15) is 0 Å². The van der Waals surface area contributed by atoms with E-state index in [9.17, 15) is 9.59 Å². The molecule has 1 saturated heterocycles. The highest BCUT2D eigenvalue weighted by Crippen LogP contribution is 2.17. The van der Waals surface area contributed by atoms with Gasteiger partial charge in [0.15, 0.2) is 0 Å². The lowest BCUT2D eigenvalue weighted by atomic mass is 9.86. The second-order valence-corrected chi connectivity index (χ2v) is 5.69. The number of nitrogens with two attached hydrogens (primary N) is 1. The Hall–Kier alpha value is -0.810. The molecule has 1 aliphatic rings. The van der Waals surface area contributed by atoms with Gasteiger partial charge in [-0.05, 0) is 24.7 Å². The van der Waals surface area contributed by atoms with Crippen molar-refractivity contribution < 1.29 is 9.59 Å². The van der Waals surface area contributed by atoms with Crippen LogP contribution in [0.2, 0.25) is 0 Å². The minimum Gasteiger partial charge on any atom is -0.354 e. The Balaban J connectivity index is 0.00000289. The average Bonchev–Trinajstić information content (AvgIpc) is 2.42. The molecule has 5 nitrogen and oxygen atoms in total. The summed E-state index contributed by atoms with van der Waals surface area (Å²) >= 11 is 0. The normalized spacial score (nSPS) is 22.2. The van der Waals surface area contributed by atoms with Gasteiger partial charge in [0.05, 0.1) is 6.04 Å². The number of rotatable bonds is 2. The molecule has 106 valence electrons. The number of hydrogen-bond acceptors (Lipinski definition) is 3. The molecule has 18 heavy (non-hydrogen) atoms. The molecule has 0 aromatic carbocycles. The molecule has 0 spiro atoms. The molecule has 2 atom stereocenters. The monoisotopic (exact) mass is 277 g/mol. The Bertz CT molecular complexity index is 302. The summed E-state index contributed by atoms with van der Waals surface area (Å²) in [6.45, 7) is 6.41. The first-order chi connectivity index (χ1) is 7.82. The van der Waals surface area contributed by atoms with Crippen LogP contribution in [-0.2, 0) is 9.59 Å². The van der Waals surface area contributed by atoms with Crippen LogP contribution in [0.5, 0.6) is 0 Å². The molecular formula is C12H24ClN3O2. The molecule has 1 rings (SSSR count). The van der Waals surface area contributed by atoms with Crippen molar-refractivity contribution in [2.24, 2.45) is 11.1 Å². The second kappa shape index (κ2) is 6.95. The third-order valence-electron chi connectivity index (χ3n) is 3.07. The van der Waals surface area contributed by atoms with Crippen molar-refractivity contribution >= 4 is 24.2 Å². The zero-order valence-corrected chi connectivity index (χ0v) is 12.1. The van der Waals surface area contributed by atoms with Gasteiger partial charge in [-0.25, -0.2) is 0 Å². The summed E-state index contributed by atoms with van der Waals surface area (Å²) in [5.41, 5.74) is 5.55. The lowest BCUT2D eigenvalue weighted by Crippen LogP contribution is -2.54. The summed E-state index contributed by atoms with van der Waals surface area (Å²) < 4.78 is 0. The van der Waals surface area contributed by atoms with Gasteiger partial charge in [0.2, 0.25) is 11.8 Å². The van der Waals surface area contributed by atoms with E-state index < -0.39 is 12.1 Å². The Morgan fingerprint density at radius 1 is 1.44 bits per heavy atom. The molecule has 0 aliphatic carbocycles. The Kier molecular flexibility index (Phi) is 6.63. The fourth-order valence-electron chi connectivity index (χ4n) is 1.73. The Morgan fingerprint density at radius 2 is 2.06 bits per heavy atom. The first-order valence-corrected chi connectivity index (χ1v) is 6.16. The van der Waals surface area contributed by atoms with Crippen LogP contribution in [0, 0.1) is 5.41 Å². The SMILES string of the molecule is CC(C)(C)[C@H](N)C(=O)NC1CCCCNC1=O.Cl. The van der Waals surface area contributed by atoms with Crippen LogP contribution in [0.4, 0.5) is 0 Å². The fourth-order valence-corrected chi connectivity index (χ4v) is 1.73. The number of halogens is 1. The number of amides is 2. The maximum atomic E-state index is 11.9. The van der Waals surface area contributed by atoms with Crippen molar-refractivity contribution in [2.45, 2.75) is 52.1 Å². The van der Waals surface area contributed by atoms with E-state index in [1.807, 2.05) is 20.8 Å². The van der Waals surface area contributed by atoms with Gasteiger partial charge in [-0.1, -0.05) is 20.8 Å². The Morgan fingerprint density at radius 3 is 2.61 bits per heavy atom. The smallest absolute Gasteiger partial charge is 0.242 e. The van der Waals surface area contributed by atoms with Gasteiger partial charge in [0, 0.05) is 6.54 Å². The molecule has 1 aliphatic heterocycles. The lowest BCUT2D eigenvalue weighted by molar-refractivity contribution is -0.130. The molecule has 0 aromatic rings. The van der Waals surface area contributed by atoms with E-state index in [-0.39, 0.29) is 29.6 Å². The van der Waals surface area contributed by atoms with E-state index in [1.54, 1.807) is 0 Å². The van der Waals surface area contributed by atoms with Crippen LogP contribution in [0.3, 0.4) is 0 Å².